The molecular formula is C120H178O12. The topological polar surface area (TPSA) is 224 Å². The van der Waals surface area contributed by atoms with Crippen molar-refractivity contribution in [2.24, 2.45) is 142 Å². The summed E-state index contributed by atoms with van der Waals surface area (Å²) in [6.45, 7) is 55.0. The number of hydrogen-bond acceptors (Lipinski definition) is 6. The fourth-order valence-corrected chi connectivity index (χ4v) is 33.7. The van der Waals surface area contributed by atoms with Crippen LogP contribution in [-0.2, 0) is 40.6 Å². The third-order valence-corrected chi connectivity index (χ3v) is 42.1. The average Bonchev–Trinajstić information content (AvgIpc) is 0.792. The summed E-state index contributed by atoms with van der Waals surface area (Å²) in [5.74, 6) is 3.03. The molecule has 12 heteroatoms. The zero-order valence-electron chi connectivity index (χ0n) is 86.6. The molecule has 0 heterocycles. The van der Waals surface area contributed by atoms with E-state index in [1.165, 1.54) is 110 Å². The quantitative estimate of drug-likeness (QED) is 0.114. The van der Waals surface area contributed by atoms with Crippen molar-refractivity contribution in [2.45, 2.75) is 415 Å². The lowest BCUT2D eigenvalue weighted by molar-refractivity contribution is -0.165. The molecule has 23 atom stereocenters. The summed E-state index contributed by atoms with van der Waals surface area (Å²) < 4.78 is 0. The highest BCUT2D eigenvalue weighted by molar-refractivity contribution is 5.78. The molecule has 18 rings (SSSR count). The first-order valence-corrected chi connectivity index (χ1v) is 53.2. The van der Waals surface area contributed by atoms with Crippen molar-refractivity contribution in [1.29, 1.82) is 0 Å². The van der Waals surface area contributed by atoms with E-state index in [9.17, 15) is 59.4 Å². The number of hydrogen-bond donors (Lipinski definition) is 6. The minimum Gasteiger partial charge on any atom is -0.481 e. The second-order valence-electron chi connectivity index (χ2n) is 50.9. The smallest absolute Gasteiger partial charge is 0.309 e. The van der Waals surface area contributed by atoms with Gasteiger partial charge in [-0.3, -0.25) is 28.8 Å². The van der Waals surface area contributed by atoms with Gasteiger partial charge in [-0.2, -0.15) is 0 Å². The summed E-state index contributed by atoms with van der Waals surface area (Å²) in [5, 5.41) is 59.0. The first-order valence-electron chi connectivity index (χ1n) is 53.2. The Bertz CT molecular complexity index is 4850. The standard InChI is InChI=1S/4C20H30O2.C20H28O2.C20H30O2/c5*1-13(2)14-6-8-16-15(12-14)7-9-17-19(16,3)10-5-11-20(17,4)18(21)22;1-5-18(2)12-9-15-14(13-18)7-8-16-19(15,3)10-6-11-20(16,4)17(21)22/h12,16-17H,5-11H2,1-4H3,(H,21,22);12-13,17H,5-11H2,1-4H3,(H,21,22);7,12-13,16-17H,5-6,8-11H2,1-4H3,(H,21,22);6,12-13,16-17H,5,7-11H2,1-4H3,(H,21,22);6,8,12-13,17H,5,7,9-11H2,1-4H3,(H,21,22);5,13,15-16H,1,6-12H2,2-4H3,(H,21,22)/t16?,17?,19-,20-;17?,19-,20-;2*16?,17?,19-,20-;17?,19-,20-;15?,16?,18-,19-,20-/m111111/s1. The molecule has 12 nitrogen and oxygen atoms in total. The molecule has 132 heavy (non-hydrogen) atoms. The Hall–Kier alpha value is -6.56. The van der Waals surface area contributed by atoms with E-state index in [1.807, 2.05) is 41.5 Å². The molecule has 17 aliphatic rings. The summed E-state index contributed by atoms with van der Waals surface area (Å²) in [4.78, 5) is 71.7. The summed E-state index contributed by atoms with van der Waals surface area (Å²) >= 11 is 0. The van der Waals surface area contributed by atoms with E-state index < -0.39 is 68.3 Å². The van der Waals surface area contributed by atoms with Gasteiger partial charge in [-0.05, 0) is 415 Å². The predicted octanol–water partition coefficient (Wildman–Crippen LogP) is 31.2. The molecule has 0 spiro atoms. The van der Waals surface area contributed by atoms with Crippen LogP contribution in [0.1, 0.15) is 419 Å². The van der Waals surface area contributed by atoms with Crippen LogP contribution in [0.2, 0.25) is 0 Å². The number of carboxylic acids is 6. The zero-order chi connectivity index (χ0) is 96.8. The summed E-state index contributed by atoms with van der Waals surface area (Å²) in [6, 6.07) is 6.92. The van der Waals surface area contributed by atoms with E-state index in [0.717, 1.165) is 173 Å². The molecule has 0 aromatic heterocycles. The van der Waals surface area contributed by atoms with E-state index in [-0.39, 0.29) is 49.7 Å². The van der Waals surface area contributed by atoms with E-state index in [0.29, 0.717) is 71.0 Å². The predicted molar refractivity (Wildman–Crippen MR) is 537 cm³/mol. The molecule has 6 N–H and O–H groups in total. The van der Waals surface area contributed by atoms with Gasteiger partial charge in [0.15, 0.2) is 0 Å². The van der Waals surface area contributed by atoms with E-state index in [1.54, 1.807) is 39.0 Å². The van der Waals surface area contributed by atoms with Crippen LogP contribution in [0.4, 0.5) is 0 Å². The van der Waals surface area contributed by atoms with Crippen molar-refractivity contribution in [3.8, 4) is 0 Å². The van der Waals surface area contributed by atoms with E-state index >= 15 is 0 Å². The van der Waals surface area contributed by atoms with Crippen LogP contribution in [0.25, 0.3) is 0 Å². The lowest BCUT2D eigenvalue weighted by Gasteiger charge is -2.59. The van der Waals surface area contributed by atoms with E-state index in [4.69, 9.17) is 0 Å². The van der Waals surface area contributed by atoms with Crippen molar-refractivity contribution in [2.75, 3.05) is 0 Å². The molecule has 0 aliphatic heterocycles. The maximum atomic E-state index is 12.0. The Morgan fingerprint density at radius 2 is 0.780 bits per heavy atom. The Labute approximate surface area is 798 Å². The van der Waals surface area contributed by atoms with Crippen molar-refractivity contribution in [3.63, 3.8) is 0 Å². The number of aliphatic carboxylic acids is 6. The number of benzene rings is 1. The molecule has 17 aliphatic carbocycles. The summed E-state index contributed by atoms with van der Waals surface area (Å²) in [6.07, 6.45) is 59.6. The van der Waals surface area contributed by atoms with Crippen LogP contribution in [0, 0.1) is 142 Å². The fraction of sp³-hybridized carbons (Fsp3) is 0.733. The Morgan fingerprint density at radius 1 is 0.364 bits per heavy atom. The highest BCUT2D eigenvalue weighted by atomic mass is 16.4. The SMILES string of the molecule is C=C[C@@]1(C)C=C2CCC3[C@](C)(CCC[C@@]3(C)C(=O)O)C2CC1.CC(C)=C1C=C2CCC3[C@](C)(CCC[C@@]3(C)C(=O)O)C2CC1.CC(C)C1=CC2=C(CC1)[C@@]1(C)CCC[C@@](C)(C(=O)O)C1CC2.CC(C)C1=CC2=CCC3[C@](C)(CCC[C@@]3(C)C(=O)O)C2CC1.CC(C)C1=CCC2C(=C1)CCC1[C@]2(C)CCC[C@@]1(C)C(=O)O.CC(C)c1ccc2c(c1)CCC1[C@](C)(C(=O)O)CCC[C@]21C. The van der Waals surface area contributed by atoms with Crippen LogP contribution in [0.15, 0.2) is 135 Å². The largest absolute Gasteiger partial charge is 0.481 e. The molecule has 730 valence electrons. The van der Waals surface area contributed by atoms with Crippen molar-refractivity contribution in [3.05, 3.63) is 151 Å². The van der Waals surface area contributed by atoms with Gasteiger partial charge in [-0.15, -0.1) is 6.58 Å². The van der Waals surface area contributed by atoms with Crippen molar-refractivity contribution in [1.82, 2.24) is 0 Å². The number of carboxylic acid groups (broad SMARTS) is 6. The van der Waals surface area contributed by atoms with Crippen molar-refractivity contribution >= 4 is 35.8 Å². The molecule has 9 fully saturated rings. The first-order chi connectivity index (χ1) is 61.7. The minimum absolute atomic E-state index is 0.0223. The van der Waals surface area contributed by atoms with Gasteiger partial charge >= 0.3 is 35.8 Å². The molecule has 0 amide bonds. The van der Waals surface area contributed by atoms with Gasteiger partial charge in [-0.25, -0.2) is 0 Å². The third kappa shape index (κ3) is 18.2. The Kier molecular flexibility index (Phi) is 29.9. The van der Waals surface area contributed by atoms with Crippen LogP contribution < -0.4 is 0 Å². The molecule has 9 saturated carbocycles. The van der Waals surface area contributed by atoms with Crippen LogP contribution >= 0.6 is 0 Å². The second-order valence-corrected chi connectivity index (χ2v) is 50.9. The number of rotatable bonds is 11. The van der Waals surface area contributed by atoms with Crippen LogP contribution in [-0.4, -0.2) is 66.5 Å². The normalized spacial score (nSPS) is 40.7. The average molecular weight is 1810 g/mol. The van der Waals surface area contributed by atoms with Gasteiger partial charge in [0, 0.05) is 5.41 Å². The Morgan fingerprint density at radius 3 is 1.26 bits per heavy atom. The first kappa shape index (κ1) is 103. The molecule has 0 saturated heterocycles. The summed E-state index contributed by atoms with van der Waals surface area (Å²) in [5.41, 5.74) is 19.0. The van der Waals surface area contributed by atoms with Gasteiger partial charge < -0.3 is 30.6 Å². The number of carbonyl (C=O) groups is 6. The Balaban J connectivity index is 0.000000135. The van der Waals surface area contributed by atoms with Gasteiger partial charge in [0.2, 0.25) is 0 Å². The molecule has 0 radical (unpaired) electrons. The lowest BCUT2D eigenvalue weighted by atomic mass is 9.45. The maximum absolute atomic E-state index is 12.0. The van der Waals surface area contributed by atoms with Crippen LogP contribution in [0.3, 0.4) is 0 Å². The highest BCUT2D eigenvalue weighted by Gasteiger charge is 2.64. The maximum Gasteiger partial charge on any atom is 0.309 e. The molecule has 1 aromatic carbocycles. The number of allylic oxidation sites excluding steroid dienone is 19. The third-order valence-electron chi connectivity index (χ3n) is 42.1. The van der Waals surface area contributed by atoms with Gasteiger partial charge in [-0.1, -0.05) is 248 Å². The van der Waals surface area contributed by atoms with Crippen LogP contribution in [0.5, 0.6) is 0 Å². The fourth-order valence-electron chi connectivity index (χ4n) is 33.7. The molecule has 1 aromatic rings. The lowest BCUT2D eigenvalue weighted by Crippen LogP contribution is -2.54. The number of aryl methyl sites for hydroxylation is 1. The van der Waals surface area contributed by atoms with Gasteiger partial charge in [0.1, 0.15) is 0 Å². The van der Waals surface area contributed by atoms with Crippen molar-refractivity contribution < 1.29 is 59.4 Å². The minimum atomic E-state index is -0.606. The van der Waals surface area contributed by atoms with E-state index in [2.05, 4.69) is 191 Å². The summed E-state index contributed by atoms with van der Waals surface area (Å²) in [7, 11) is 0. The molecule has 10 unspecified atom stereocenters. The molecular weight excluding hydrogens is 1630 g/mol. The molecule has 0 bridgehead atoms. The number of fused-ring (bicyclic) bond motifs is 17. The zero-order valence-corrected chi connectivity index (χ0v) is 86.6. The van der Waals surface area contributed by atoms with Gasteiger partial charge in [0.25, 0.3) is 0 Å². The highest BCUT2D eigenvalue weighted by Crippen LogP contribution is 2.70. The second kappa shape index (κ2) is 38.3. The van der Waals surface area contributed by atoms with Gasteiger partial charge in [0.05, 0.1) is 32.5 Å². The monoisotopic (exact) mass is 1810 g/mol.